The zero-order chi connectivity index (χ0) is 22.7. The molecule has 0 N–H and O–H groups in total. The Morgan fingerprint density at radius 2 is 1.94 bits per heavy atom. The molecule has 0 aromatic heterocycles. The van der Waals surface area contributed by atoms with Gasteiger partial charge in [-0.25, -0.2) is 0 Å². The van der Waals surface area contributed by atoms with E-state index in [4.69, 9.17) is 28.4 Å². The third kappa shape index (κ3) is 1.95. The molecule has 5 saturated heterocycles. The summed E-state index contributed by atoms with van der Waals surface area (Å²) in [6, 6.07) is 0. The Labute approximate surface area is 202 Å². The van der Waals surface area contributed by atoms with Gasteiger partial charge in [0.2, 0.25) is 0 Å². The van der Waals surface area contributed by atoms with E-state index in [2.05, 4.69) is 19.9 Å². The van der Waals surface area contributed by atoms with Crippen LogP contribution < -0.4 is 0 Å². The maximum atomic E-state index is 7.13. The Hall–Kier alpha value is -0.500. The first-order valence-electron chi connectivity index (χ1n) is 13.9. The number of methoxy groups -OCH3 is 1. The Kier molecular flexibility index (Phi) is 3.71. The molecule has 4 saturated carbocycles. The molecule has 0 amide bonds. The fraction of sp³-hybridized carbons (Fsp3) is 0.929. The minimum absolute atomic E-state index is 0.0937. The van der Waals surface area contributed by atoms with Gasteiger partial charge in [-0.2, -0.15) is 0 Å². The molecule has 0 aromatic rings. The highest BCUT2D eigenvalue weighted by atomic mass is 16.8. The molecule has 2 bridgehead atoms. The van der Waals surface area contributed by atoms with E-state index in [1.165, 1.54) is 32.1 Å². The van der Waals surface area contributed by atoms with Crippen molar-refractivity contribution in [2.45, 2.75) is 114 Å². The number of hydrogen-bond donors (Lipinski definition) is 0. The topological polar surface area (TPSA) is 58.7 Å². The van der Waals surface area contributed by atoms with Crippen LogP contribution in [0.4, 0.5) is 0 Å². The number of epoxide rings is 1. The minimum atomic E-state index is -0.208. The minimum Gasteiger partial charge on any atom is -0.378 e. The Morgan fingerprint density at radius 3 is 2.82 bits per heavy atom. The molecule has 10 aliphatic rings. The molecule has 6 heteroatoms. The quantitative estimate of drug-likeness (QED) is 0.460. The van der Waals surface area contributed by atoms with E-state index in [1.807, 2.05) is 0 Å². The molecule has 10 rings (SSSR count). The van der Waals surface area contributed by atoms with Gasteiger partial charge in [-0.1, -0.05) is 25.5 Å². The molecule has 186 valence electrons. The number of rotatable bonds is 3. The van der Waals surface area contributed by atoms with Gasteiger partial charge in [0.05, 0.1) is 36.6 Å². The van der Waals surface area contributed by atoms with Crippen LogP contribution in [0.5, 0.6) is 0 Å². The van der Waals surface area contributed by atoms with Crippen LogP contribution in [0.15, 0.2) is 11.6 Å². The van der Waals surface area contributed by atoms with Gasteiger partial charge in [-0.05, 0) is 62.2 Å². The maximum Gasteiger partial charge on any atom is 0.190 e. The molecular weight excluding hydrogens is 432 g/mol. The van der Waals surface area contributed by atoms with Crippen molar-refractivity contribution in [3.8, 4) is 0 Å². The second kappa shape index (κ2) is 6.14. The van der Waals surface area contributed by atoms with Crippen molar-refractivity contribution in [3.63, 3.8) is 0 Å². The van der Waals surface area contributed by atoms with Gasteiger partial charge < -0.3 is 28.4 Å². The Bertz CT molecular complexity index is 982. The van der Waals surface area contributed by atoms with Crippen LogP contribution in [0, 0.1) is 34.0 Å². The highest BCUT2D eigenvalue weighted by Gasteiger charge is 2.96. The lowest BCUT2D eigenvalue weighted by molar-refractivity contribution is -0.355. The fourth-order valence-corrected chi connectivity index (χ4v) is 11.6. The van der Waals surface area contributed by atoms with Gasteiger partial charge >= 0.3 is 0 Å². The van der Waals surface area contributed by atoms with Crippen LogP contribution in [-0.2, 0) is 28.4 Å². The lowest BCUT2D eigenvalue weighted by Crippen LogP contribution is -2.84. The molecule has 0 radical (unpaired) electrons. The molecule has 34 heavy (non-hydrogen) atoms. The van der Waals surface area contributed by atoms with E-state index in [9.17, 15) is 0 Å². The molecule has 5 aliphatic carbocycles. The van der Waals surface area contributed by atoms with E-state index in [0.717, 1.165) is 37.7 Å². The predicted octanol–water partition coefficient (Wildman–Crippen LogP) is 3.97. The predicted molar refractivity (Wildman–Crippen MR) is 121 cm³/mol. The molecule has 5 heterocycles. The van der Waals surface area contributed by atoms with E-state index >= 15 is 0 Å². The summed E-state index contributed by atoms with van der Waals surface area (Å²) in [7, 11) is 1.76. The van der Waals surface area contributed by atoms with Crippen LogP contribution in [0.2, 0.25) is 0 Å². The normalized spacial score (nSPS) is 66.0. The van der Waals surface area contributed by atoms with Gasteiger partial charge in [-0.15, -0.1) is 0 Å². The summed E-state index contributed by atoms with van der Waals surface area (Å²) in [5.74, 6) is 2.16. The summed E-state index contributed by atoms with van der Waals surface area (Å²) in [5.41, 5.74) is 2.74. The lowest BCUT2D eigenvalue weighted by atomic mass is 9.23. The van der Waals surface area contributed by atoms with Crippen molar-refractivity contribution in [1.29, 1.82) is 0 Å². The summed E-state index contributed by atoms with van der Waals surface area (Å²) in [6.45, 7) is 5.99. The number of ether oxygens (including phenoxy) is 6. The van der Waals surface area contributed by atoms with Crippen molar-refractivity contribution in [2.24, 2.45) is 34.0 Å². The molecule has 5 aliphatic heterocycles. The maximum absolute atomic E-state index is 7.13. The van der Waals surface area contributed by atoms with Crippen LogP contribution >= 0.6 is 0 Å². The van der Waals surface area contributed by atoms with E-state index < -0.39 is 0 Å². The summed E-state index contributed by atoms with van der Waals surface area (Å²) in [6.07, 6.45) is 12.8. The lowest BCUT2D eigenvalue weighted by Gasteiger charge is -2.79. The highest BCUT2D eigenvalue weighted by Crippen LogP contribution is 2.91. The van der Waals surface area contributed by atoms with Crippen molar-refractivity contribution < 1.29 is 28.4 Å². The van der Waals surface area contributed by atoms with Crippen molar-refractivity contribution in [1.82, 2.24) is 0 Å². The van der Waals surface area contributed by atoms with E-state index in [-0.39, 0.29) is 41.9 Å². The molecular formula is C28H38O6. The van der Waals surface area contributed by atoms with Crippen molar-refractivity contribution in [2.75, 3.05) is 13.7 Å². The molecule has 6 nitrogen and oxygen atoms in total. The molecule has 14 atom stereocenters. The third-order valence-electron chi connectivity index (χ3n) is 13.0. The summed E-state index contributed by atoms with van der Waals surface area (Å²) in [4.78, 5) is 0. The molecule has 2 spiro atoms. The van der Waals surface area contributed by atoms with E-state index in [1.54, 1.807) is 12.7 Å². The molecule has 9 fully saturated rings. The first kappa shape index (κ1) is 20.5. The summed E-state index contributed by atoms with van der Waals surface area (Å²) in [5, 5.41) is 0. The molecule has 14 unspecified atom stereocenters. The third-order valence-corrected chi connectivity index (χ3v) is 13.0. The second-order valence-corrected chi connectivity index (χ2v) is 13.5. The van der Waals surface area contributed by atoms with Gasteiger partial charge in [0.1, 0.15) is 6.10 Å². The fourth-order valence-electron chi connectivity index (χ4n) is 11.6. The standard InChI is InChI=1S/C28H38O6/c1-25-8-6-15(31-22-11-18(29-3)23-24(32-22)33-23)10-14(25)4-5-17-16(25)7-9-26(2)27-19-12-20(27)30-13-21(27)34-28(17,19)26/h4,15-24H,5-13H2,1-3H3. The van der Waals surface area contributed by atoms with E-state index in [0.29, 0.717) is 29.0 Å². The first-order chi connectivity index (χ1) is 16.5. The van der Waals surface area contributed by atoms with Crippen LogP contribution in [0.3, 0.4) is 0 Å². The average Bonchev–Trinajstić information content (AvgIpc) is 3.37. The number of fused-ring (bicyclic) bond motifs is 4. The monoisotopic (exact) mass is 470 g/mol. The van der Waals surface area contributed by atoms with Crippen LogP contribution in [-0.4, -0.2) is 62.4 Å². The second-order valence-electron chi connectivity index (χ2n) is 13.5. The molecule has 0 aromatic carbocycles. The summed E-state index contributed by atoms with van der Waals surface area (Å²) < 4.78 is 37.0. The number of allylic oxidation sites excluding steroid dienone is 1. The van der Waals surface area contributed by atoms with Gasteiger partial charge in [0.25, 0.3) is 0 Å². The smallest absolute Gasteiger partial charge is 0.190 e. The van der Waals surface area contributed by atoms with Crippen LogP contribution in [0.25, 0.3) is 0 Å². The van der Waals surface area contributed by atoms with Crippen molar-refractivity contribution >= 4 is 0 Å². The first-order valence-corrected chi connectivity index (χ1v) is 13.9. The van der Waals surface area contributed by atoms with Crippen molar-refractivity contribution in [3.05, 3.63) is 11.6 Å². The average molecular weight is 471 g/mol. The van der Waals surface area contributed by atoms with Crippen LogP contribution in [0.1, 0.15) is 65.2 Å². The Balaban J connectivity index is 0.973. The zero-order valence-corrected chi connectivity index (χ0v) is 20.7. The number of hydrogen-bond acceptors (Lipinski definition) is 6. The zero-order valence-electron chi connectivity index (χ0n) is 20.7. The summed E-state index contributed by atoms with van der Waals surface area (Å²) >= 11 is 0. The highest BCUT2D eigenvalue weighted by molar-refractivity contribution is 5.44. The van der Waals surface area contributed by atoms with Gasteiger partial charge in [0.15, 0.2) is 12.6 Å². The van der Waals surface area contributed by atoms with Gasteiger partial charge in [0, 0.05) is 30.3 Å². The largest absolute Gasteiger partial charge is 0.378 e. The Morgan fingerprint density at radius 1 is 1.03 bits per heavy atom. The SMILES string of the molecule is COC1CC(OC2CCC3(C)C(=CCC4C3CCC3(C)C45OC4COC6CC5C643)C2)OC2OC12. The van der Waals surface area contributed by atoms with Gasteiger partial charge in [-0.3, -0.25) is 0 Å².